The molecule has 1 aromatic rings. The third kappa shape index (κ3) is 5.33. The highest BCUT2D eigenvalue weighted by atomic mass is 35.5. The van der Waals surface area contributed by atoms with Crippen molar-refractivity contribution in [2.24, 2.45) is 0 Å². The summed E-state index contributed by atoms with van der Waals surface area (Å²) >= 11 is 5.92. The third-order valence-electron chi connectivity index (χ3n) is 4.69. The Morgan fingerprint density at radius 1 is 1.19 bits per heavy atom. The van der Waals surface area contributed by atoms with Crippen LogP contribution in [0.25, 0.3) is 0 Å². The van der Waals surface area contributed by atoms with Gasteiger partial charge in [0, 0.05) is 55.9 Å². The molecule has 0 saturated carbocycles. The first kappa shape index (κ1) is 18.9. The number of carbonyl (C=O) groups excluding carboxylic acids is 2. The molecule has 3 rings (SSSR count). The Hall–Kier alpha value is -1.83. The van der Waals surface area contributed by atoms with Gasteiger partial charge in [-0.2, -0.15) is 0 Å². The molecule has 0 aromatic heterocycles. The first-order valence-electron chi connectivity index (χ1n) is 8.98. The summed E-state index contributed by atoms with van der Waals surface area (Å²) in [4.78, 5) is 28.3. The average Bonchev–Trinajstić information content (AvgIpc) is 2.68. The van der Waals surface area contributed by atoms with E-state index >= 15 is 0 Å². The van der Waals surface area contributed by atoms with E-state index in [2.05, 4.69) is 15.5 Å². The van der Waals surface area contributed by atoms with Gasteiger partial charge in [-0.05, 0) is 24.3 Å². The lowest BCUT2D eigenvalue weighted by Crippen LogP contribution is -2.51. The Labute approximate surface area is 158 Å². The standard InChI is InChI=1S/C18H25ClN4O3/c19-14-1-3-16(4-2-14)22-6-8-23(9-7-22)18(25)12-21-17(24)11-15-13-26-10-5-20-15/h1-4,15,20H,5-13H2,(H,21,24). The molecule has 2 aliphatic rings. The Balaban J connectivity index is 1.38. The van der Waals surface area contributed by atoms with Crippen LogP contribution >= 0.6 is 11.6 Å². The summed E-state index contributed by atoms with van der Waals surface area (Å²) in [6.45, 7) is 4.86. The van der Waals surface area contributed by atoms with Crippen LogP contribution in [0, 0.1) is 0 Å². The highest BCUT2D eigenvalue weighted by molar-refractivity contribution is 6.30. The van der Waals surface area contributed by atoms with E-state index in [1.165, 1.54) is 0 Å². The fraction of sp³-hybridized carbons (Fsp3) is 0.556. The largest absolute Gasteiger partial charge is 0.378 e. The minimum Gasteiger partial charge on any atom is -0.378 e. The van der Waals surface area contributed by atoms with Gasteiger partial charge >= 0.3 is 0 Å². The summed E-state index contributed by atoms with van der Waals surface area (Å²) in [5, 5.41) is 6.67. The van der Waals surface area contributed by atoms with Gasteiger partial charge in [-0.15, -0.1) is 0 Å². The second-order valence-electron chi connectivity index (χ2n) is 6.55. The van der Waals surface area contributed by atoms with Gasteiger partial charge in [0.1, 0.15) is 0 Å². The summed E-state index contributed by atoms with van der Waals surface area (Å²) < 4.78 is 5.33. The van der Waals surface area contributed by atoms with Crippen LogP contribution in [0.2, 0.25) is 5.02 Å². The molecule has 0 aliphatic carbocycles. The van der Waals surface area contributed by atoms with Crippen molar-refractivity contribution >= 4 is 29.1 Å². The number of ether oxygens (including phenoxy) is 1. The molecule has 2 saturated heterocycles. The topological polar surface area (TPSA) is 73.9 Å². The predicted octanol–water partition coefficient (Wildman–Crippen LogP) is 0.483. The molecule has 0 radical (unpaired) electrons. The number of nitrogens with one attached hydrogen (secondary N) is 2. The van der Waals surface area contributed by atoms with Crippen LogP contribution < -0.4 is 15.5 Å². The van der Waals surface area contributed by atoms with Gasteiger partial charge < -0.3 is 25.2 Å². The van der Waals surface area contributed by atoms with E-state index < -0.39 is 0 Å². The molecule has 0 spiro atoms. The smallest absolute Gasteiger partial charge is 0.242 e. The Kier molecular flexibility index (Phi) is 6.71. The van der Waals surface area contributed by atoms with Gasteiger partial charge in [0.15, 0.2) is 0 Å². The van der Waals surface area contributed by atoms with Gasteiger partial charge in [-0.1, -0.05) is 11.6 Å². The Morgan fingerprint density at radius 2 is 1.92 bits per heavy atom. The average molecular weight is 381 g/mol. The third-order valence-corrected chi connectivity index (χ3v) is 4.94. The Morgan fingerprint density at radius 3 is 2.58 bits per heavy atom. The number of hydrogen-bond acceptors (Lipinski definition) is 5. The van der Waals surface area contributed by atoms with Crippen molar-refractivity contribution < 1.29 is 14.3 Å². The molecule has 1 atom stereocenters. The monoisotopic (exact) mass is 380 g/mol. The van der Waals surface area contributed by atoms with Crippen LogP contribution in [0.4, 0.5) is 5.69 Å². The lowest BCUT2D eigenvalue weighted by molar-refractivity contribution is -0.133. The van der Waals surface area contributed by atoms with Gasteiger partial charge in [0.05, 0.1) is 19.8 Å². The molecule has 1 aromatic carbocycles. The SMILES string of the molecule is O=C(CC1COCCN1)NCC(=O)N1CCN(c2ccc(Cl)cc2)CC1. The quantitative estimate of drug-likeness (QED) is 0.777. The van der Waals surface area contributed by atoms with E-state index in [9.17, 15) is 9.59 Å². The first-order chi connectivity index (χ1) is 12.6. The molecule has 2 amide bonds. The fourth-order valence-corrected chi connectivity index (χ4v) is 3.32. The highest BCUT2D eigenvalue weighted by Gasteiger charge is 2.22. The molecule has 142 valence electrons. The summed E-state index contributed by atoms with van der Waals surface area (Å²) in [5.74, 6) is -0.164. The van der Waals surface area contributed by atoms with Crippen molar-refractivity contribution in [3.63, 3.8) is 0 Å². The van der Waals surface area contributed by atoms with Crippen molar-refractivity contribution in [3.05, 3.63) is 29.3 Å². The number of rotatable bonds is 5. The maximum atomic E-state index is 12.3. The number of anilines is 1. The number of amides is 2. The van der Waals surface area contributed by atoms with Gasteiger partial charge in [-0.25, -0.2) is 0 Å². The minimum absolute atomic E-state index is 0.0294. The number of halogens is 1. The molecule has 26 heavy (non-hydrogen) atoms. The maximum Gasteiger partial charge on any atom is 0.242 e. The van der Waals surface area contributed by atoms with Crippen molar-refractivity contribution in [2.45, 2.75) is 12.5 Å². The van der Waals surface area contributed by atoms with Crippen LogP contribution in [-0.4, -0.2) is 75.2 Å². The number of benzene rings is 1. The molecule has 2 fully saturated rings. The molecule has 8 heteroatoms. The van der Waals surface area contributed by atoms with E-state index in [1.807, 2.05) is 24.3 Å². The van der Waals surface area contributed by atoms with Crippen molar-refractivity contribution in [3.8, 4) is 0 Å². The zero-order chi connectivity index (χ0) is 18.4. The van der Waals surface area contributed by atoms with Crippen LogP contribution in [0.5, 0.6) is 0 Å². The van der Waals surface area contributed by atoms with E-state index in [0.717, 1.165) is 25.3 Å². The van der Waals surface area contributed by atoms with E-state index in [1.54, 1.807) is 4.90 Å². The van der Waals surface area contributed by atoms with Crippen LogP contribution in [0.1, 0.15) is 6.42 Å². The molecule has 2 heterocycles. The zero-order valence-corrected chi connectivity index (χ0v) is 15.5. The summed E-state index contributed by atoms with van der Waals surface area (Å²) in [7, 11) is 0. The molecule has 1 unspecified atom stereocenters. The molecule has 7 nitrogen and oxygen atoms in total. The van der Waals surface area contributed by atoms with Gasteiger partial charge in [0.2, 0.25) is 11.8 Å². The predicted molar refractivity (Wildman–Crippen MR) is 100 cm³/mol. The van der Waals surface area contributed by atoms with E-state index in [-0.39, 0.29) is 24.4 Å². The number of piperazine rings is 1. The van der Waals surface area contributed by atoms with Crippen LogP contribution in [0.15, 0.2) is 24.3 Å². The van der Waals surface area contributed by atoms with E-state index in [4.69, 9.17) is 16.3 Å². The first-order valence-corrected chi connectivity index (χ1v) is 9.36. The van der Waals surface area contributed by atoms with Gasteiger partial charge in [-0.3, -0.25) is 9.59 Å². The van der Waals surface area contributed by atoms with Crippen molar-refractivity contribution in [1.29, 1.82) is 0 Å². The Bertz CT molecular complexity index is 611. The molecular weight excluding hydrogens is 356 g/mol. The molecular formula is C18H25ClN4O3. The van der Waals surface area contributed by atoms with Crippen LogP contribution in [-0.2, 0) is 14.3 Å². The van der Waals surface area contributed by atoms with Gasteiger partial charge in [0.25, 0.3) is 0 Å². The number of carbonyl (C=O) groups is 2. The summed E-state index contributed by atoms with van der Waals surface area (Å²) in [6, 6.07) is 7.75. The normalized spacial score (nSPS) is 20.7. The number of nitrogens with zero attached hydrogens (tertiary/aromatic N) is 2. The van der Waals surface area contributed by atoms with Crippen molar-refractivity contribution in [1.82, 2.24) is 15.5 Å². The number of hydrogen-bond donors (Lipinski definition) is 2. The fourth-order valence-electron chi connectivity index (χ4n) is 3.20. The molecule has 2 aliphatic heterocycles. The second-order valence-corrected chi connectivity index (χ2v) is 6.99. The number of morpholine rings is 1. The van der Waals surface area contributed by atoms with Crippen molar-refractivity contribution in [2.75, 3.05) is 57.4 Å². The van der Waals surface area contributed by atoms with E-state index in [0.29, 0.717) is 37.7 Å². The highest BCUT2D eigenvalue weighted by Crippen LogP contribution is 2.19. The second kappa shape index (κ2) is 9.21. The summed E-state index contributed by atoms with van der Waals surface area (Å²) in [5.41, 5.74) is 1.11. The van der Waals surface area contributed by atoms with Crippen LogP contribution in [0.3, 0.4) is 0 Å². The summed E-state index contributed by atoms with van der Waals surface area (Å²) in [6.07, 6.45) is 0.331. The zero-order valence-electron chi connectivity index (χ0n) is 14.7. The lowest BCUT2D eigenvalue weighted by atomic mass is 10.2. The molecule has 0 bridgehead atoms. The minimum atomic E-state index is -0.124. The molecule has 2 N–H and O–H groups in total. The maximum absolute atomic E-state index is 12.3. The lowest BCUT2D eigenvalue weighted by Gasteiger charge is -2.36.